The van der Waals surface area contributed by atoms with Gasteiger partial charge in [0.1, 0.15) is 5.82 Å². The molecule has 0 aliphatic carbocycles. The first-order chi connectivity index (χ1) is 14.1. The third-order valence-electron chi connectivity index (χ3n) is 4.81. The van der Waals surface area contributed by atoms with Crippen LogP contribution in [0.15, 0.2) is 65.1 Å². The van der Waals surface area contributed by atoms with Crippen LogP contribution in [-0.2, 0) is 0 Å². The Bertz CT molecular complexity index is 1000. The molecule has 29 heavy (non-hydrogen) atoms. The number of hydrogen-bond acceptors (Lipinski definition) is 5. The van der Waals surface area contributed by atoms with E-state index in [-0.39, 0.29) is 5.91 Å². The minimum Gasteiger partial charge on any atom is -0.340 e. The molecule has 1 aliphatic rings. The van der Waals surface area contributed by atoms with Crippen molar-refractivity contribution in [1.29, 1.82) is 0 Å². The minimum absolute atomic E-state index is 0.0579. The molecule has 1 aliphatic heterocycles. The second-order valence-corrected chi connectivity index (χ2v) is 7.89. The number of amides is 1. The van der Waals surface area contributed by atoms with Crippen molar-refractivity contribution in [1.82, 2.24) is 14.9 Å². The first kappa shape index (κ1) is 19.4. The molecule has 1 amide bonds. The highest BCUT2D eigenvalue weighted by molar-refractivity contribution is 9.10. The maximum Gasteiger partial charge on any atom is 0.254 e. The van der Waals surface area contributed by atoms with Gasteiger partial charge in [0.25, 0.3) is 5.91 Å². The lowest BCUT2D eigenvalue weighted by Gasteiger charge is -2.35. The highest BCUT2D eigenvalue weighted by Gasteiger charge is 2.24. The zero-order valence-corrected chi connectivity index (χ0v) is 17.8. The largest absolute Gasteiger partial charge is 0.340 e. The van der Waals surface area contributed by atoms with Crippen molar-refractivity contribution in [2.75, 3.05) is 36.4 Å². The molecule has 2 heterocycles. The van der Waals surface area contributed by atoms with Crippen LogP contribution in [0.2, 0.25) is 0 Å². The van der Waals surface area contributed by atoms with Gasteiger partial charge in [-0.15, -0.1) is 0 Å². The monoisotopic (exact) mass is 451 g/mol. The third-order valence-corrected chi connectivity index (χ3v) is 5.30. The number of nitrogens with one attached hydrogen (secondary N) is 1. The Morgan fingerprint density at radius 3 is 2.45 bits per heavy atom. The molecular weight excluding hydrogens is 430 g/mol. The lowest BCUT2D eigenvalue weighted by Crippen LogP contribution is -2.49. The van der Waals surface area contributed by atoms with Crippen molar-refractivity contribution < 1.29 is 4.79 Å². The molecule has 1 fully saturated rings. The molecule has 2 aromatic carbocycles. The summed E-state index contributed by atoms with van der Waals surface area (Å²) in [6.07, 6.45) is 0. The molecule has 0 atom stereocenters. The number of aryl methyl sites for hydroxylation is 1. The van der Waals surface area contributed by atoms with Gasteiger partial charge in [-0.25, -0.2) is 4.98 Å². The Labute approximate surface area is 178 Å². The van der Waals surface area contributed by atoms with Crippen molar-refractivity contribution in [3.05, 3.63) is 76.4 Å². The van der Waals surface area contributed by atoms with Gasteiger partial charge in [0.15, 0.2) is 0 Å². The van der Waals surface area contributed by atoms with Gasteiger partial charge in [0.2, 0.25) is 5.95 Å². The normalized spacial score (nSPS) is 14.0. The van der Waals surface area contributed by atoms with Gasteiger partial charge in [-0.1, -0.05) is 40.2 Å². The summed E-state index contributed by atoms with van der Waals surface area (Å²) in [6.45, 7) is 4.66. The van der Waals surface area contributed by atoms with E-state index in [1.807, 2.05) is 72.5 Å². The zero-order valence-electron chi connectivity index (χ0n) is 16.2. The van der Waals surface area contributed by atoms with Gasteiger partial charge in [-0.05, 0) is 37.3 Å². The van der Waals surface area contributed by atoms with Gasteiger partial charge >= 0.3 is 0 Å². The molecule has 0 unspecified atom stereocenters. The second-order valence-electron chi connectivity index (χ2n) is 6.98. The molecule has 4 rings (SSSR count). The standard InChI is InChI=1S/C22H22BrN5O/c1-16-14-20(25-19-8-3-2-4-9-19)26-22(24-16)28-12-10-27(11-13-28)21(29)17-6-5-7-18(23)15-17/h2-9,14-15H,10-13H2,1H3,(H,24,25,26). The fourth-order valence-corrected chi connectivity index (χ4v) is 3.74. The molecule has 6 nitrogen and oxygen atoms in total. The Balaban J connectivity index is 1.43. The molecule has 1 saturated heterocycles. The van der Waals surface area contributed by atoms with E-state index in [1.165, 1.54) is 0 Å². The summed E-state index contributed by atoms with van der Waals surface area (Å²) in [4.78, 5) is 26.1. The SMILES string of the molecule is Cc1cc(Nc2ccccc2)nc(N2CCN(C(=O)c3cccc(Br)c3)CC2)n1. The molecule has 0 radical (unpaired) electrons. The van der Waals surface area contributed by atoms with E-state index in [2.05, 4.69) is 36.1 Å². The van der Waals surface area contributed by atoms with Crippen LogP contribution in [-0.4, -0.2) is 47.0 Å². The topological polar surface area (TPSA) is 61.4 Å². The Morgan fingerprint density at radius 2 is 1.72 bits per heavy atom. The first-order valence-corrected chi connectivity index (χ1v) is 10.4. The van der Waals surface area contributed by atoms with Crippen LogP contribution >= 0.6 is 15.9 Å². The van der Waals surface area contributed by atoms with E-state index in [9.17, 15) is 4.79 Å². The molecule has 3 aromatic rings. The van der Waals surface area contributed by atoms with Gasteiger partial charge in [-0.3, -0.25) is 4.79 Å². The van der Waals surface area contributed by atoms with Gasteiger partial charge in [0.05, 0.1) is 0 Å². The van der Waals surface area contributed by atoms with E-state index in [4.69, 9.17) is 0 Å². The summed E-state index contributed by atoms with van der Waals surface area (Å²) in [5, 5.41) is 3.33. The fraction of sp³-hybridized carbons (Fsp3) is 0.227. The molecule has 0 spiro atoms. The average molecular weight is 452 g/mol. The quantitative estimate of drug-likeness (QED) is 0.642. The number of carbonyl (C=O) groups is 1. The fourth-order valence-electron chi connectivity index (χ4n) is 3.34. The molecule has 148 valence electrons. The van der Waals surface area contributed by atoms with E-state index < -0.39 is 0 Å². The lowest BCUT2D eigenvalue weighted by atomic mass is 10.2. The Morgan fingerprint density at radius 1 is 0.966 bits per heavy atom. The summed E-state index contributed by atoms with van der Waals surface area (Å²) in [6, 6.07) is 19.4. The highest BCUT2D eigenvalue weighted by atomic mass is 79.9. The van der Waals surface area contributed by atoms with Gasteiger partial charge in [0, 0.05) is 53.7 Å². The van der Waals surface area contributed by atoms with Gasteiger partial charge < -0.3 is 15.1 Å². The van der Waals surface area contributed by atoms with Gasteiger partial charge in [-0.2, -0.15) is 4.98 Å². The molecule has 0 bridgehead atoms. The average Bonchev–Trinajstić information content (AvgIpc) is 2.74. The van der Waals surface area contributed by atoms with Crippen molar-refractivity contribution in [3.63, 3.8) is 0 Å². The predicted octanol–water partition coefficient (Wildman–Crippen LogP) is 4.25. The van der Waals surface area contributed by atoms with Crippen LogP contribution in [0.5, 0.6) is 0 Å². The number of halogens is 1. The number of para-hydroxylation sites is 1. The van der Waals surface area contributed by atoms with E-state index in [0.29, 0.717) is 37.7 Å². The molecular formula is C22H22BrN5O. The summed E-state index contributed by atoms with van der Waals surface area (Å²) >= 11 is 3.43. The predicted molar refractivity (Wildman–Crippen MR) is 119 cm³/mol. The number of nitrogens with zero attached hydrogens (tertiary/aromatic N) is 4. The number of hydrogen-bond donors (Lipinski definition) is 1. The zero-order chi connectivity index (χ0) is 20.2. The number of piperazine rings is 1. The van der Waals surface area contributed by atoms with Crippen molar-refractivity contribution in [3.8, 4) is 0 Å². The first-order valence-electron chi connectivity index (χ1n) is 9.56. The third kappa shape index (κ3) is 4.74. The maximum atomic E-state index is 12.8. The van der Waals surface area contributed by atoms with E-state index >= 15 is 0 Å². The summed E-state index contributed by atoms with van der Waals surface area (Å²) < 4.78 is 0.911. The Hall–Kier alpha value is -2.93. The summed E-state index contributed by atoms with van der Waals surface area (Å²) in [5.41, 5.74) is 2.59. The van der Waals surface area contributed by atoms with Crippen LogP contribution in [0.25, 0.3) is 0 Å². The molecule has 1 N–H and O–H groups in total. The summed E-state index contributed by atoms with van der Waals surface area (Å²) in [7, 11) is 0. The van der Waals surface area contributed by atoms with Crippen LogP contribution < -0.4 is 10.2 Å². The smallest absolute Gasteiger partial charge is 0.254 e. The number of benzene rings is 2. The van der Waals surface area contributed by atoms with Crippen LogP contribution in [0.4, 0.5) is 17.5 Å². The minimum atomic E-state index is 0.0579. The van der Waals surface area contributed by atoms with Crippen LogP contribution in [0.3, 0.4) is 0 Å². The molecule has 7 heteroatoms. The highest BCUT2D eigenvalue weighted by Crippen LogP contribution is 2.20. The van der Waals surface area contributed by atoms with Crippen LogP contribution in [0.1, 0.15) is 16.1 Å². The van der Waals surface area contributed by atoms with Crippen LogP contribution in [0, 0.1) is 6.92 Å². The lowest BCUT2D eigenvalue weighted by molar-refractivity contribution is 0.0746. The van der Waals surface area contributed by atoms with Crippen molar-refractivity contribution in [2.24, 2.45) is 0 Å². The second kappa shape index (κ2) is 8.61. The van der Waals surface area contributed by atoms with Crippen molar-refractivity contribution >= 4 is 39.3 Å². The maximum absolute atomic E-state index is 12.8. The number of anilines is 3. The summed E-state index contributed by atoms with van der Waals surface area (Å²) in [5.74, 6) is 1.52. The van der Waals surface area contributed by atoms with E-state index in [0.717, 1.165) is 21.7 Å². The number of aromatic nitrogens is 2. The number of rotatable bonds is 4. The Kier molecular flexibility index (Phi) is 5.76. The molecule has 1 aromatic heterocycles. The van der Waals surface area contributed by atoms with E-state index in [1.54, 1.807) is 0 Å². The molecule has 0 saturated carbocycles. The van der Waals surface area contributed by atoms with Crippen molar-refractivity contribution in [2.45, 2.75) is 6.92 Å². The number of carbonyl (C=O) groups excluding carboxylic acids is 1.